The maximum atomic E-state index is 12.0. The van der Waals surface area contributed by atoms with Crippen molar-refractivity contribution in [1.82, 2.24) is 10.2 Å². The molecule has 0 aromatic carbocycles. The monoisotopic (exact) mass is 242 g/mol. The van der Waals surface area contributed by atoms with Crippen molar-refractivity contribution in [2.75, 3.05) is 18.7 Å². The predicted octanol–water partition coefficient (Wildman–Crippen LogP) is 0.990. The van der Waals surface area contributed by atoms with E-state index in [0.717, 1.165) is 12.0 Å². The maximum absolute atomic E-state index is 12.0. The van der Waals surface area contributed by atoms with Gasteiger partial charge < -0.3 is 10.2 Å². The summed E-state index contributed by atoms with van der Waals surface area (Å²) in [6, 6.07) is -0.317. The molecule has 0 aromatic rings. The highest BCUT2D eigenvalue weighted by Gasteiger charge is 2.34. The van der Waals surface area contributed by atoms with Gasteiger partial charge in [-0.25, -0.2) is 0 Å². The van der Waals surface area contributed by atoms with Gasteiger partial charge in [-0.1, -0.05) is 13.0 Å². The number of thioether (sulfide) groups is 1. The second kappa shape index (κ2) is 5.94. The lowest BCUT2D eigenvalue weighted by Crippen LogP contribution is -2.46. The third-order valence-electron chi connectivity index (χ3n) is 2.54. The lowest BCUT2D eigenvalue weighted by Gasteiger charge is -2.22. The third-order valence-corrected chi connectivity index (χ3v) is 3.55. The van der Waals surface area contributed by atoms with Crippen LogP contribution in [0.15, 0.2) is 11.6 Å². The van der Waals surface area contributed by atoms with E-state index in [1.807, 2.05) is 13.0 Å². The molecule has 0 saturated carbocycles. The number of nitrogens with one attached hydrogen (secondary N) is 1. The SMILES string of the molecule is CC/C=C(/C)C(=O)N1CSC[C@H]1C(=O)NC. The highest BCUT2D eigenvalue weighted by molar-refractivity contribution is 7.99. The summed E-state index contributed by atoms with van der Waals surface area (Å²) < 4.78 is 0. The van der Waals surface area contributed by atoms with Crippen molar-refractivity contribution >= 4 is 23.6 Å². The number of rotatable bonds is 3. The zero-order valence-corrected chi connectivity index (χ0v) is 10.8. The molecule has 90 valence electrons. The van der Waals surface area contributed by atoms with E-state index < -0.39 is 0 Å². The van der Waals surface area contributed by atoms with Gasteiger partial charge in [-0.15, -0.1) is 11.8 Å². The van der Waals surface area contributed by atoms with Gasteiger partial charge in [0.25, 0.3) is 5.91 Å². The van der Waals surface area contributed by atoms with E-state index in [2.05, 4.69) is 5.32 Å². The van der Waals surface area contributed by atoms with Crippen LogP contribution in [0.2, 0.25) is 0 Å². The Balaban J connectivity index is 2.75. The second-order valence-corrected chi connectivity index (χ2v) is 4.70. The summed E-state index contributed by atoms with van der Waals surface area (Å²) in [5, 5.41) is 2.60. The van der Waals surface area contributed by atoms with E-state index in [9.17, 15) is 9.59 Å². The van der Waals surface area contributed by atoms with Crippen LogP contribution in [-0.2, 0) is 9.59 Å². The van der Waals surface area contributed by atoms with Crippen molar-refractivity contribution in [3.8, 4) is 0 Å². The number of nitrogens with zero attached hydrogens (tertiary/aromatic N) is 1. The largest absolute Gasteiger partial charge is 0.357 e. The minimum Gasteiger partial charge on any atom is -0.357 e. The first kappa shape index (κ1) is 13.1. The van der Waals surface area contributed by atoms with E-state index in [1.54, 1.807) is 30.6 Å². The Hall–Kier alpha value is -0.970. The van der Waals surface area contributed by atoms with Crippen LogP contribution in [0, 0.1) is 0 Å². The normalized spacial score (nSPS) is 21.1. The van der Waals surface area contributed by atoms with Gasteiger partial charge in [0.15, 0.2) is 0 Å². The molecule has 1 saturated heterocycles. The number of likely N-dealkylation sites (N-methyl/N-ethyl adjacent to an activating group) is 1. The van der Waals surface area contributed by atoms with Crippen LogP contribution in [0.25, 0.3) is 0 Å². The van der Waals surface area contributed by atoms with Gasteiger partial charge in [0, 0.05) is 18.4 Å². The van der Waals surface area contributed by atoms with Crippen molar-refractivity contribution in [3.63, 3.8) is 0 Å². The van der Waals surface area contributed by atoms with Crippen molar-refractivity contribution in [3.05, 3.63) is 11.6 Å². The van der Waals surface area contributed by atoms with Crippen molar-refractivity contribution in [1.29, 1.82) is 0 Å². The molecule has 0 aromatic heterocycles. The molecule has 1 heterocycles. The third kappa shape index (κ3) is 2.78. The molecule has 0 spiro atoms. The van der Waals surface area contributed by atoms with Gasteiger partial charge in [-0.3, -0.25) is 9.59 Å². The van der Waals surface area contributed by atoms with Gasteiger partial charge in [0.2, 0.25) is 5.91 Å². The van der Waals surface area contributed by atoms with Crippen LogP contribution in [0.5, 0.6) is 0 Å². The molecular weight excluding hydrogens is 224 g/mol. The minimum atomic E-state index is -0.317. The number of hydrogen-bond donors (Lipinski definition) is 1. The van der Waals surface area contributed by atoms with E-state index in [4.69, 9.17) is 0 Å². The van der Waals surface area contributed by atoms with Gasteiger partial charge in [0.05, 0.1) is 5.88 Å². The second-order valence-electron chi connectivity index (χ2n) is 3.70. The van der Waals surface area contributed by atoms with Gasteiger partial charge in [0.1, 0.15) is 6.04 Å². The predicted molar refractivity (Wildman–Crippen MR) is 66.1 cm³/mol. The molecule has 0 bridgehead atoms. The van der Waals surface area contributed by atoms with Gasteiger partial charge >= 0.3 is 0 Å². The van der Waals surface area contributed by atoms with Crippen LogP contribution in [-0.4, -0.2) is 41.4 Å². The summed E-state index contributed by atoms with van der Waals surface area (Å²) in [6.45, 7) is 3.79. The Morgan fingerprint density at radius 1 is 1.56 bits per heavy atom. The summed E-state index contributed by atoms with van der Waals surface area (Å²) in [4.78, 5) is 25.2. The highest BCUT2D eigenvalue weighted by Crippen LogP contribution is 2.22. The van der Waals surface area contributed by atoms with Crippen LogP contribution in [0.1, 0.15) is 20.3 Å². The van der Waals surface area contributed by atoms with Crippen LogP contribution >= 0.6 is 11.8 Å². The fraction of sp³-hybridized carbons (Fsp3) is 0.636. The van der Waals surface area contributed by atoms with Gasteiger partial charge in [-0.05, 0) is 13.3 Å². The molecule has 0 radical (unpaired) electrons. The first-order valence-electron chi connectivity index (χ1n) is 5.38. The fourth-order valence-corrected chi connectivity index (χ4v) is 2.80. The number of carbonyl (C=O) groups excluding carboxylic acids is 2. The Labute approximate surface area is 100 Å². The Bertz CT molecular complexity index is 315. The Morgan fingerprint density at radius 2 is 2.25 bits per heavy atom. The molecule has 1 fully saturated rings. The number of amides is 2. The average Bonchev–Trinajstić information content (AvgIpc) is 2.76. The van der Waals surface area contributed by atoms with E-state index in [0.29, 0.717) is 11.6 Å². The first-order valence-corrected chi connectivity index (χ1v) is 6.54. The smallest absolute Gasteiger partial charge is 0.250 e. The van der Waals surface area contributed by atoms with Crippen LogP contribution in [0.3, 0.4) is 0 Å². The highest BCUT2D eigenvalue weighted by atomic mass is 32.2. The molecule has 1 rings (SSSR count). The van der Waals surface area contributed by atoms with Crippen molar-refractivity contribution in [2.24, 2.45) is 0 Å². The molecule has 2 amide bonds. The summed E-state index contributed by atoms with van der Waals surface area (Å²) in [6.07, 6.45) is 2.73. The fourth-order valence-electron chi connectivity index (χ4n) is 1.65. The molecule has 16 heavy (non-hydrogen) atoms. The molecule has 0 unspecified atom stereocenters. The first-order chi connectivity index (χ1) is 7.61. The molecule has 0 aliphatic carbocycles. The van der Waals surface area contributed by atoms with Crippen LogP contribution < -0.4 is 5.32 Å². The Kier molecular flexibility index (Phi) is 4.86. The summed E-state index contributed by atoms with van der Waals surface area (Å²) in [7, 11) is 1.60. The lowest BCUT2D eigenvalue weighted by molar-refractivity contribution is -0.135. The van der Waals surface area contributed by atoms with E-state index in [-0.39, 0.29) is 17.9 Å². The number of carbonyl (C=O) groups is 2. The molecule has 4 nitrogen and oxygen atoms in total. The Morgan fingerprint density at radius 3 is 2.81 bits per heavy atom. The summed E-state index contributed by atoms with van der Waals surface area (Å²) in [5.74, 6) is 1.18. The molecule has 5 heteroatoms. The van der Waals surface area contributed by atoms with E-state index in [1.165, 1.54) is 0 Å². The standard InChI is InChI=1S/C11H18N2O2S/c1-4-5-8(2)11(15)13-7-16-6-9(13)10(14)12-3/h5,9H,4,6-7H2,1-3H3,(H,12,14)/b8-5-/t9-/m0/s1. The van der Waals surface area contributed by atoms with Crippen LogP contribution in [0.4, 0.5) is 0 Å². The zero-order valence-electron chi connectivity index (χ0n) is 9.95. The van der Waals surface area contributed by atoms with Crippen molar-refractivity contribution in [2.45, 2.75) is 26.3 Å². The molecule has 1 atom stereocenters. The topological polar surface area (TPSA) is 49.4 Å². The summed E-state index contributed by atoms with van der Waals surface area (Å²) in [5.41, 5.74) is 0.721. The number of hydrogen-bond acceptors (Lipinski definition) is 3. The maximum Gasteiger partial charge on any atom is 0.250 e. The van der Waals surface area contributed by atoms with Gasteiger partial charge in [-0.2, -0.15) is 0 Å². The molecular formula is C11H18N2O2S. The molecule has 1 N–H and O–H groups in total. The minimum absolute atomic E-state index is 0.0274. The number of allylic oxidation sites excluding steroid dienone is 1. The average molecular weight is 242 g/mol. The van der Waals surface area contributed by atoms with Crippen molar-refractivity contribution < 1.29 is 9.59 Å². The zero-order chi connectivity index (χ0) is 12.1. The summed E-state index contributed by atoms with van der Waals surface area (Å²) >= 11 is 1.61. The molecule has 1 aliphatic rings. The molecule has 1 aliphatic heterocycles. The quantitative estimate of drug-likeness (QED) is 0.751. The van der Waals surface area contributed by atoms with E-state index >= 15 is 0 Å². The lowest BCUT2D eigenvalue weighted by atomic mass is 10.2.